The monoisotopic (exact) mass is 232 g/mol. The van der Waals surface area contributed by atoms with E-state index in [-0.39, 0.29) is 5.92 Å². The number of hydrogen-bond acceptors (Lipinski definition) is 5. The first-order valence-corrected chi connectivity index (χ1v) is 5.71. The van der Waals surface area contributed by atoms with E-state index in [9.17, 15) is 0 Å². The van der Waals surface area contributed by atoms with Crippen molar-refractivity contribution in [2.45, 2.75) is 26.2 Å². The van der Waals surface area contributed by atoms with Crippen LogP contribution < -0.4 is 5.73 Å². The van der Waals surface area contributed by atoms with E-state index in [0.717, 1.165) is 17.7 Å². The van der Waals surface area contributed by atoms with Crippen molar-refractivity contribution in [3.8, 4) is 11.5 Å². The first kappa shape index (κ1) is 11.7. The second-order valence-corrected chi connectivity index (χ2v) is 4.02. The van der Waals surface area contributed by atoms with Crippen LogP contribution >= 0.6 is 0 Å². The maximum atomic E-state index is 5.64. The quantitative estimate of drug-likeness (QED) is 0.870. The van der Waals surface area contributed by atoms with E-state index in [1.54, 1.807) is 6.20 Å². The second-order valence-electron chi connectivity index (χ2n) is 4.02. The molecule has 0 bridgehead atoms. The highest BCUT2D eigenvalue weighted by Gasteiger charge is 2.16. The Morgan fingerprint density at radius 3 is 2.94 bits per heavy atom. The molecule has 5 nitrogen and oxygen atoms in total. The van der Waals surface area contributed by atoms with Gasteiger partial charge in [-0.1, -0.05) is 12.1 Å². The Morgan fingerprint density at radius 2 is 2.29 bits per heavy atom. The van der Waals surface area contributed by atoms with Crippen LogP contribution in [0.2, 0.25) is 0 Å². The summed E-state index contributed by atoms with van der Waals surface area (Å²) in [6, 6.07) is 3.86. The molecule has 17 heavy (non-hydrogen) atoms. The normalized spacial score (nSPS) is 12.6. The molecule has 0 fully saturated rings. The Morgan fingerprint density at radius 1 is 1.47 bits per heavy atom. The molecule has 5 heteroatoms. The van der Waals surface area contributed by atoms with Gasteiger partial charge >= 0.3 is 0 Å². The standard InChI is InChI=1S/C12H16N4O/c1-3-9(7-13)12-15-11(16-17-12)10-6-8(2)4-5-14-10/h4-6,9H,3,7,13H2,1-2H3. The maximum absolute atomic E-state index is 5.64. The summed E-state index contributed by atoms with van der Waals surface area (Å²) in [6.07, 6.45) is 2.63. The molecule has 2 aromatic heterocycles. The SMILES string of the molecule is CCC(CN)c1nc(-c2cc(C)ccn2)no1. The molecular weight excluding hydrogens is 216 g/mol. The summed E-state index contributed by atoms with van der Waals surface area (Å²) < 4.78 is 5.22. The number of nitrogens with zero attached hydrogens (tertiary/aromatic N) is 3. The topological polar surface area (TPSA) is 77.8 Å². The highest BCUT2D eigenvalue weighted by Crippen LogP contribution is 2.20. The van der Waals surface area contributed by atoms with Crippen molar-refractivity contribution in [1.82, 2.24) is 15.1 Å². The first-order valence-electron chi connectivity index (χ1n) is 5.71. The molecule has 2 aromatic rings. The van der Waals surface area contributed by atoms with Crippen molar-refractivity contribution in [3.63, 3.8) is 0 Å². The van der Waals surface area contributed by atoms with E-state index in [4.69, 9.17) is 10.3 Å². The molecule has 2 heterocycles. The fraction of sp³-hybridized carbons (Fsp3) is 0.417. The third-order valence-electron chi connectivity index (χ3n) is 2.71. The van der Waals surface area contributed by atoms with E-state index in [0.29, 0.717) is 18.3 Å². The minimum atomic E-state index is 0.126. The highest BCUT2D eigenvalue weighted by molar-refractivity contribution is 5.48. The summed E-state index contributed by atoms with van der Waals surface area (Å²) in [5.74, 6) is 1.24. The molecule has 0 saturated heterocycles. The molecule has 0 aliphatic rings. The van der Waals surface area contributed by atoms with Crippen molar-refractivity contribution < 1.29 is 4.52 Å². The van der Waals surface area contributed by atoms with Crippen molar-refractivity contribution >= 4 is 0 Å². The van der Waals surface area contributed by atoms with Gasteiger partial charge in [-0.15, -0.1) is 0 Å². The lowest BCUT2D eigenvalue weighted by molar-refractivity contribution is 0.351. The van der Waals surface area contributed by atoms with Crippen LogP contribution in [0.4, 0.5) is 0 Å². The zero-order chi connectivity index (χ0) is 12.3. The van der Waals surface area contributed by atoms with Gasteiger partial charge in [0, 0.05) is 12.7 Å². The van der Waals surface area contributed by atoms with Gasteiger partial charge in [0.25, 0.3) is 0 Å². The fourth-order valence-corrected chi connectivity index (χ4v) is 1.61. The Balaban J connectivity index is 2.29. The molecule has 1 unspecified atom stereocenters. The molecule has 0 radical (unpaired) electrons. The Bertz CT molecular complexity index is 491. The summed E-state index contributed by atoms with van der Waals surface area (Å²) in [6.45, 7) is 4.56. The van der Waals surface area contributed by atoms with Crippen LogP contribution in [0.1, 0.15) is 30.7 Å². The lowest BCUT2D eigenvalue weighted by Crippen LogP contribution is -2.11. The summed E-state index contributed by atoms with van der Waals surface area (Å²) in [5.41, 5.74) is 7.49. The van der Waals surface area contributed by atoms with E-state index < -0.39 is 0 Å². The van der Waals surface area contributed by atoms with E-state index >= 15 is 0 Å². The summed E-state index contributed by atoms with van der Waals surface area (Å²) in [4.78, 5) is 8.56. The van der Waals surface area contributed by atoms with Crippen LogP contribution in [0.5, 0.6) is 0 Å². The van der Waals surface area contributed by atoms with Gasteiger partial charge in [0.2, 0.25) is 11.7 Å². The molecule has 0 saturated carbocycles. The lowest BCUT2D eigenvalue weighted by Gasteiger charge is -2.04. The maximum Gasteiger partial charge on any atom is 0.231 e. The van der Waals surface area contributed by atoms with Gasteiger partial charge in [0.1, 0.15) is 5.69 Å². The highest BCUT2D eigenvalue weighted by atomic mass is 16.5. The van der Waals surface area contributed by atoms with Crippen molar-refractivity contribution in [2.24, 2.45) is 5.73 Å². The minimum Gasteiger partial charge on any atom is -0.339 e. The number of aryl methyl sites for hydroxylation is 1. The minimum absolute atomic E-state index is 0.126. The molecule has 2 rings (SSSR count). The molecule has 0 spiro atoms. The first-order chi connectivity index (χ1) is 8.24. The predicted molar refractivity (Wildman–Crippen MR) is 64.4 cm³/mol. The van der Waals surface area contributed by atoms with Gasteiger partial charge in [0.15, 0.2) is 0 Å². The molecule has 0 amide bonds. The van der Waals surface area contributed by atoms with Crippen molar-refractivity contribution in [1.29, 1.82) is 0 Å². The third kappa shape index (κ3) is 2.50. The molecule has 0 aliphatic carbocycles. The fourth-order valence-electron chi connectivity index (χ4n) is 1.61. The third-order valence-corrected chi connectivity index (χ3v) is 2.71. The predicted octanol–water partition coefficient (Wildman–Crippen LogP) is 1.89. The van der Waals surface area contributed by atoms with E-state index in [2.05, 4.69) is 15.1 Å². The zero-order valence-electron chi connectivity index (χ0n) is 10.1. The van der Waals surface area contributed by atoms with Crippen LogP contribution in [0.25, 0.3) is 11.5 Å². The van der Waals surface area contributed by atoms with Crippen LogP contribution in [-0.2, 0) is 0 Å². The lowest BCUT2D eigenvalue weighted by atomic mass is 10.1. The molecule has 2 N–H and O–H groups in total. The summed E-state index contributed by atoms with van der Waals surface area (Å²) >= 11 is 0. The van der Waals surface area contributed by atoms with Gasteiger partial charge in [-0.2, -0.15) is 4.98 Å². The van der Waals surface area contributed by atoms with Crippen molar-refractivity contribution in [3.05, 3.63) is 29.8 Å². The summed E-state index contributed by atoms with van der Waals surface area (Å²) in [5, 5.41) is 3.94. The van der Waals surface area contributed by atoms with Gasteiger partial charge in [-0.3, -0.25) is 4.98 Å². The van der Waals surface area contributed by atoms with Gasteiger partial charge in [0.05, 0.1) is 5.92 Å². The van der Waals surface area contributed by atoms with Gasteiger partial charge in [-0.25, -0.2) is 0 Å². The smallest absolute Gasteiger partial charge is 0.231 e. The second kappa shape index (κ2) is 5.05. The van der Waals surface area contributed by atoms with E-state index in [1.165, 1.54) is 0 Å². The number of nitrogens with two attached hydrogens (primary N) is 1. The molecule has 0 aromatic carbocycles. The van der Waals surface area contributed by atoms with E-state index in [1.807, 2.05) is 26.0 Å². The van der Waals surface area contributed by atoms with Crippen LogP contribution in [0, 0.1) is 6.92 Å². The molecule has 90 valence electrons. The average Bonchev–Trinajstić information content (AvgIpc) is 2.80. The Labute approximate surface area is 100 Å². The number of rotatable bonds is 4. The Kier molecular flexibility index (Phi) is 3.49. The van der Waals surface area contributed by atoms with Gasteiger partial charge < -0.3 is 10.3 Å². The largest absolute Gasteiger partial charge is 0.339 e. The number of pyridine rings is 1. The van der Waals surface area contributed by atoms with Crippen LogP contribution in [-0.4, -0.2) is 21.7 Å². The molecule has 0 aliphatic heterocycles. The summed E-state index contributed by atoms with van der Waals surface area (Å²) in [7, 11) is 0. The van der Waals surface area contributed by atoms with Crippen LogP contribution in [0.3, 0.4) is 0 Å². The van der Waals surface area contributed by atoms with Gasteiger partial charge in [-0.05, 0) is 31.0 Å². The van der Waals surface area contributed by atoms with Crippen molar-refractivity contribution in [2.75, 3.05) is 6.54 Å². The molecule has 1 atom stereocenters. The number of aromatic nitrogens is 3. The Hall–Kier alpha value is -1.75. The average molecular weight is 232 g/mol. The number of hydrogen-bond donors (Lipinski definition) is 1. The molecular formula is C12H16N4O. The zero-order valence-corrected chi connectivity index (χ0v) is 10.1. The van der Waals surface area contributed by atoms with Crippen LogP contribution in [0.15, 0.2) is 22.9 Å².